The maximum absolute atomic E-state index is 11.0. The van der Waals surface area contributed by atoms with E-state index in [1.165, 1.54) is 0 Å². The first kappa shape index (κ1) is 18.2. The highest BCUT2D eigenvalue weighted by atomic mass is 35.5. The minimum Gasteiger partial charge on any atom is -0.595 e. The highest BCUT2D eigenvalue weighted by Crippen LogP contribution is 2.36. The van der Waals surface area contributed by atoms with Gasteiger partial charge in [-0.25, -0.2) is 5.21 Å². The fourth-order valence-corrected chi connectivity index (χ4v) is 2.95. The number of hydrogen-bond donors (Lipinski definition) is 2. The summed E-state index contributed by atoms with van der Waals surface area (Å²) in [5.41, 5.74) is 3.99. The zero-order valence-corrected chi connectivity index (χ0v) is 15.2. The van der Waals surface area contributed by atoms with Crippen LogP contribution in [0, 0.1) is 5.21 Å². The molecule has 134 valence electrons. The van der Waals surface area contributed by atoms with E-state index < -0.39 is 5.23 Å². The fraction of sp³-hybridized carbons (Fsp3) is 0.100. The summed E-state index contributed by atoms with van der Waals surface area (Å²) >= 11 is 6.13. The van der Waals surface area contributed by atoms with Gasteiger partial charge in [0, 0.05) is 41.1 Å². The summed E-state index contributed by atoms with van der Waals surface area (Å²) in [6.07, 6.45) is 0. The number of benzene rings is 3. The van der Waals surface area contributed by atoms with Gasteiger partial charge >= 0.3 is 0 Å². The van der Waals surface area contributed by atoms with Gasteiger partial charge in [-0.1, -0.05) is 23.7 Å². The molecule has 6 heteroatoms. The zero-order chi connectivity index (χ0) is 18.7. The molecule has 0 amide bonds. The number of ether oxygens (including phenoxy) is 1. The minimum atomic E-state index is -0.938. The van der Waals surface area contributed by atoms with Crippen molar-refractivity contribution in [1.29, 1.82) is 0 Å². The second kappa shape index (κ2) is 7.76. The standard InChI is InChI=1S/C20H19ClN2O3/c1-22(16-6-8-17(9-7-16)23(24)25)18-10-11-20(26-2)19(13-18)14-4-3-5-15(21)12-14/h3-13,23-24H,1-2H3. The Hall–Kier alpha value is -2.57. The van der Waals surface area contributed by atoms with Crippen molar-refractivity contribution in [3.05, 3.63) is 77.0 Å². The predicted molar refractivity (Wildman–Crippen MR) is 104 cm³/mol. The second-order valence-corrected chi connectivity index (χ2v) is 6.24. The van der Waals surface area contributed by atoms with Gasteiger partial charge in [-0.15, -0.1) is 0 Å². The summed E-state index contributed by atoms with van der Waals surface area (Å²) in [7, 11) is 3.57. The lowest BCUT2D eigenvalue weighted by molar-refractivity contribution is -0.991. The number of nitrogens with zero attached hydrogens (tertiary/aromatic N) is 1. The minimum absolute atomic E-state index is 0.261. The van der Waals surface area contributed by atoms with Crippen LogP contribution in [0.25, 0.3) is 11.1 Å². The van der Waals surface area contributed by atoms with Gasteiger partial charge in [0.1, 0.15) is 5.75 Å². The van der Waals surface area contributed by atoms with Gasteiger partial charge in [0.05, 0.1) is 7.11 Å². The van der Waals surface area contributed by atoms with Crippen molar-refractivity contribution >= 4 is 28.7 Å². The quantitative estimate of drug-likeness (QED) is 0.661. The first-order valence-electron chi connectivity index (χ1n) is 8.00. The number of rotatable bonds is 5. The third kappa shape index (κ3) is 3.81. The summed E-state index contributed by atoms with van der Waals surface area (Å²) in [5.74, 6) is 0.755. The lowest BCUT2D eigenvalue weighted by atomic mass is 10.0. The molecule has 3 aromatic rings. The SMILES string of the molecule is COc1ccc(N(C)c2ccc([NH+]([O-])O)cc2)cc1-c1cccc(Cl)c1. The van der Waals surface area contributed by atoms with Crippen LogP contribution in [0.1, 0.15) is 0 Å². The van der Waals surface area contributed by atoms with Gasteiger partial charge < -0.3 is 14.8 Å². The number of methoxy groups -OCH3 is 1. The summed E-state index contributed by atoms with van der Waals surface area (Å²) in [6.45, 7) is 0. The number of quaternary nitrogens is 1. The van der Waals surface area contributed by atoms with E-state index in [0.717, 1.165) is 28.3 Å². The number of halogens is 1. The Labute approximate surface area is 157 Å². The summed E-state index contributed by atoms with van der Waals surface area (Å²) in [4.78, 5) is 1.99. The first-order valence-corrected chi connectivity index (χ1v) is 8.38. The smallest absolute Gasteiger partial charge is 0.163 e. The molecule has 26 heavy (non-hydrogen) atoms. The van der Waals surface area contributed by atoms with E-state index in [1.54, 1.807) is 31.4 Å². The highest BCUT2D eigenvalue weighted by Gasteiger charge is 2.12. The van der Waals surface area contributed by atoms with Gasteiger partial charge in [0.15, 0.2) is 5.69 Å². The third-order valence-corrected chi connectivity index (χ3v) is 4.44. The highest BCUT2D eigenvalue weighted by molar-refractivity contribution is 6.30. The van der Waals surface area contributed by atoms with E-state index >= 15 is 0 Å². The zero-order valence-electron chi connectivity index (χ0n) is 14.4. The molecule has 3 aromatic carbocycles. The Morgan fingerprint density at radius 1 is 1.00 bits per heavy atom. The van der Waals surface area contributed by atoms with Crippen molar-refractivity contribution in [3.8, 4) is 16.9 Å². The first-order chi connectivity index (χ1) is 12.5. The number of nitrogens with one attached hydrogen (secondary N) is 1. The molecule has 3 rings (SSSR count). The molecule has 0 aliphatic carbocycles. The molecule has 0 saturated heterocycles. The van der Waals surface area contributed by atoms with Crippen LogP contribution in [-0.4, -0.2) is 19.4 Å². The van der Waals surface area contributed by atoms with E-state index in [-0.39, 0.29) is 5.69 Å². The molecule has 0 spiro atoms. The molecule has 1 unspecified atom stereocenters. The average molecular weight is 371 g/mol. The summed E-state index contributed by atoms with van der Waals surface area (Å²) < 4.78 is 5.50. The van der Waals surface area contributed by atoms with Crippen LogP contribution >= 0.6 is 11.6 Å². The Morgan fingerprint density at radius 3 is 2.31 bits per heavy atom. The lowest BCUT2D eigenvalue weighted by Crippen LogP contribution is -2.99. The van der Waals surface area contributed by atoms with E-state index in [2.05, 4.69) is 0 Å². The number of anilines is 2. The van der Waals surface area contributed by atoms with Gasteiger partial charge in [-0.2, -0.15) is 5.23 Å². The molecule has 0 saturated carbocycles. The fourth-order valence-electron chi connectivity index (χ4n) is 2.76. The Morgan fingerprint density at radius 2 is 1.69 bits per heavy atom. The molecule has 0 radical (unpaired) electrons. The molecule has 5 nitrogen and oxygen atoms in total. The monoisotopic (exact) mass is 370 g/mol. The summed E-state index contributed by atoms with van der Waals surface area (Å²) in [6, 6.07) is 20.3. The van der Waals surface area contributed by atoms with Crippen LogP contribution in [0.5, 0.6) is 5.75 Å². The van der Waals surface area contributed by atoms with E-state index in [9.17, 15) is 5.21 Å². The normalized spacial score (nSPS) is 11.9. The van der Waals surface area contributed by atoms with Crippen molar-refractivity contribution in [1.82, 2.24) is 0 Å². The molecule has 0 aromatic heterocycles. The topological polar surface area (TPSA) is 60.2 Å². The molecule has 0 bridgehead atoms. The van der Waals surface area contributed by atoms with Crippen LogP contribution in [0.2, 0.25) is 5.02 Å². The van der Waals surface area contributed by atoms with Crippen LogP contribution < -0.4 is 14.9 Å². The van der Waals surface area contributed by atoms with Crippen LogP contribution in [-0.2, 0) is 0 Å². The second-order valence-electron chi connectivity index (χ2n) is 5.81. The molecule has 0 aliphatic heterocycles. The van der Waals surface area contributed by atoms with Gasteiger partial charge in [0.2, 0.25) is 0 Å². The van der Waals surface area contributed by atoms with Crippen molar-refractivity contribution in [2.75, 3.05) is 19.1 Å². The molecular formula is C20H19ClN2O3. The molecule has 0 fully saturated rings. The largest absolute Gasteiger partial charge is 0.595 e. The predicted octanol–water partition coefficient (Wildman–Crippen LogP) is 4.19. The molecular weight excluding hydrogens is 352 g/mol. The average Bonchev–Trinajstić information content (AvgIpc) is 2.67. The van der Waals surface area contributed by atoms with Crippen molar-refractivity contribution in [2.45, 2.75) is 0 Å². The van der Waals surface area contributed by atoms with Crippen LogP contribution in [0.4, 0.5) is 17.1 Å². The molecule has 0 aliphatic rings. The molecule has 1 atom stereocenters. The van der Waals surface area contributed by atoms with E-state index in [0.29, 0.717) is 5.02 Å². The van der Waals surface area contributed by atoms with Gasteiger partial charge in [-0.05, 0) is 48.0 Å². The van der Waals surface area contributed by atoms with Gasteiger partial charge in [0.25, 0.3) is 0 Å². The Bertz CT molecular complexity index is 898. The Kier molecular flexibility index (Phi) is 5.44. The van der Waals surface area contributed by atoms with Crippen molar-refractivity contribution < 1.29 is 15.2 Å². The maximum Gasteiger partial charge on any atom is 0.163 e. The van der Waals surface area contributed by atoms with Crippen molar-refractivity contribution in [2.24, 2.45) is 0 Å². The number of hydrogen-bond acceptors (Lipinski definition) is 4. The lowest BCUT2D eigenvalue weighted by Gasteiger charge is -2.22. The van der Waals surface area contributed by atoms with Crippen LogP contribution in [0.3, 0.4) is 0 Å². The Balaban J connectivity index is 1.99. The van der Waals surface area contributed by atoms with Crippen LogP contribution in [0.15, 0.2) is 66.7 Å². The third-order valence-electron chi connectivity index (χ3n) is 4.21. The molecule has 0 heterocycles. The van der Waals surface area contributed by atoms with Gasteiger partial charge in [-0.3, -0.25) is 0 Å². The van der Waals surface area contributed by atoms with E-state index in [4.69, 9.17) is 21.5 Å². The summed E-state index contributed by atoms with van der Waals surface area (Å²) in [5, 5.41) is 19.8. The van der Waals surface area contributed by atoms with Crippen molar-refractivity contribution in [3.63, 3.8) is 0 Å². The van der Waals surface area contributed by atoms with E-state index in [1.807, 2.05) is 54.4 Å². The maximum atomic E-state index is 11.0. The molecule has 2 N–H and O–H groups in total.